The Morgan fingerprint density at radius 3 is 1.84 bits per heavy atom. The van der Waals surface area contributed by atoms with Crippen molar-refractivity contribution in [2.75, 3.05) is 0 Å². The maximum atomic E-state index is 2.41. The lowest BCUT2D eigenvalue weighted by Gasteiger charge is -2.10. The average molecular weight is 262 g/mol. The molecule has 0 spiro atoms. The van der Waals surface area contributed by atoms with Crippen LogP contribution >= 0.6 is 0 Å². The van der Waals surface area contributed by atoms with Gasteiger partial charge in [0.1, 0.15) is 6.54 Å². The van der Waals surface area contributed by atoms with Gasteiger partial charge in [0, 0.05) is 17.5 Å². The summed E-state index contributed by atoms with van der Waals surface area (Å²) in [5.74, 6) is 1.23. The van der Waals surface area contributed by atoms with Crippen LogP contribution in [0, 0.1) is 0 Å². The highest BCUT2D eigenvalue weighted by Crippen LogP contribution is 2.18. The number of aryl methyl sites for hydroxylation is 1. The van der Waals surface area contributed by atoms with Crippen LogP contribution in [0.3, 0.4) is 0 Å². The highest BCUT2D eigenvalue weighted by molar-refractivity contribution is 5.20. The third-order valence-corrected chi connectivity index (χ3v) is 3.82. The van der Waals surface area contributed by atoms with Crippen LogP contribution in [-0.4, -0.2) is 0 Å². The molecule has 0 aromatic carbocycles. The predicted octanol–water partition coefficient (Wildman–Crippen LogP) is 5.19. The molecular weight excluding hydrogens is 230 g/mol. The van der Waals surface area contributed by atoms with Gasteiger partial charge in [-0.05, 0) is 24.3 Å². The monoisotopic (exact) mass is 262 g/mol. The molecule has 0 atom stereocenters. The van der Waals surface area contributed by atoms with Crippen LogP contribution in [0.5, 0.6) is 0 Å². The molecule has 108 valence electrons. The molecule has 1 heteroatoms. The zero-order chi connectivity index (χ0) is 14.3. The van der Waals surface area contributed by atoms with Crippen LogP contribution in [0.25, 0.3) is 0 Å². The zero-order valence-corrected chi connectivity index (χ0v) is 13.6. The topological polar surface area (TPSA) is 3.88 Å². The van der Waals surface area contributed by atoms with E-state index in [0.717, 1.165) is 0 Å². The van der Waals surface area contributed by atoms with Gasteiger partial charge in [-0.3, -0.25) is 0 Å². The maximum absolute atomic E-state index is 2.41. The van der Waals surface area contributed by atoms with Gasteiger partial charge in [0.15, 0.2) is 12.4 Å². The van der Waals surface area contributed by atoms with E-state index in [1.54, 1.807) is 0 Å². The predicted molar refractivity (Wildman–Crippen MR) is 83.6 cm³/mol. The van der Waals surface area contributed by atoms with Crippen molar-refractivity contribution in [2.24, 2.45) is 0 Å². The molecule has 0 aliphatic carbocycles. The van der Waals surface area contributed by atoms with Crippen LogP contribution in [0.15, 0.2) is 18.5 Å². The second kappa shape index (κ2) is 8.35. The molecule has 1 aromatic heterocycles. The molecule has 0 fully saturated rings. The third kappa shape index (κ3) is 5.76. The molecular formula is C18H32N+. The van der Waals surface area contributed by atoms with Gasteiger partial charge in [0.2, 0.25) is 0 Å². The second-order valence-electron chi connectivity index (χ2n) is 6.36. The Hall–Kier alpha value is -0.850. The van der Waals surface area contributed by atoms with Crippen LogP contribution in [-0.2, 0) is 6.54 Å². The lowest BCUT2D eigenvalue weighted by atomic mass is 9.98. The van der Waals surface area contributed by atoms with Gasteiger partial charge in [-0.1, -0.05) is 53.9 Å². The number of nitrogens with zero attached hydrogens (tertiary/aromatic N) is 1. The molecule has 0 saturated carbocycles. The van der Waals surface area contributed by atoms with Gasteiger partial charge in [0.05, 0.1) is 0 Å². The highest BCUT2D eigenvalue weighted by atomic mass is 14.9. The molecule has 19 heavy (non-hydrogen) atoms. The number of pyridine rings is 1. The minimum Gasteiger partial charge on any atom is -0.205 e. The van der Waals surface area contributed by atoms with Crippen LogP contribution in [0.2, 0.25) is 0 Å². The first-order valence-corrected chi connectivity index (χ1v) is 8.08. The molecule has 0 amide bonds. The first kappa shape index (κ1) is 16.2. The van der Waals surface area contributed by atoms with E-state index in [4.69, 9.17) is 0 Å². The molecule has 0 aliphatic rings. The number of aromatic nitrogens is 1. The highest BCUT2D eigenvalue weighted by Gasteiger charge is 2.12. The van der Waals surface area contributed by atoms with E-state index in [0.29, 0.717) is 11.8 Å². The van der Waals surface area contributed by atoms with Crippen molar-refractivity contribution in [1.82, 2.24) is 0 Å². The molecule has 0 aliphatic heterocycles. The molecule has 0 N–H and O–H groups in total. The largest absolute Gasteiger partial charge is 0.205 e. The minimum absolute atomic E-state index is 0.616. The molecule has 0 radical (unpaired) electrons. The van der Waals surface area contributed by atoms with Crippen molar-refractivity contribution < 1.29 is 4.57 Å². The van der Waals surface area contributed by atoms with Gasteiger partial charge in [-0.15, -0.1) is 0 Å². The first-order chi connectivity index (χ1) is 9.04. The van der Waals surface area contributed by atoms with Crippen molar-refractivity contribution in [2.45, 2.75) is 85.1 Å². The van der Waals surface area contributed by atoms with E-state index < -0.39 is 0 Å². The molecule has 0 bridgehead atoms. The van der Waals surface area contributed by atoms with E-state index in [1.807, 2.05) is 0 Å². The summed E-state index contributed by atoms with van der Waals surface area (Å²) in [4.78, 5) is 0. The molecule has 0 saturated heterocycles. The Morgan fingerprint density at radius 1 is 0.842 bits per heavy atom. The summed E-state index contributed by atoms with van der Waals surface area (Å²) in [7, 11) is 0. The third-order valence-electron chi connectivity index (χ3n) is 3.82. The van der Waals surface area contributed by atoms with Crippen molar-refractivity contribution in [1.29, 1.82) is 0 Å². The molecule has 1 aromatic rings. The number of hydrogen-bond acceptors (Lipinski definition) is 0. The van der Waals surface area contributed by atoms with E-state index in [2.05, 4.69) is 57.6 Å². The van der Waals surface area contributed by atoms with Gasteiger partial charge in [-0.2, -0.15) is 0 Å². The summed E-state index contributed by atoms with van der Waals surface area (Å²) in [6.07, 6.45) is 11.5. The summed E-state index contributed by atoms with van der Waals surface area (Å²) < 4.78 is 2.41. The number of unbranched alkanes of at least 4 members (excludes halogenated alkanes) is 4. The Morgan fingerprint density at radius 2 is 1.37 bits per heavy atom. The SMILES string of the molecule is CCCCCCC[n+]1cc(C(C)C)cc(C(C)C)c1. The fourth-order valence-electron chi connectivity index (χ4n) is 2.35. The van der Waals surface area contributed by atoms with E-state index in [9.17, 15) is 0 Å². The van der Waals surface area contributed by atoms with Gasteiger partial charge < -0.3 is 0 Å². The van der Waals surface area contributed by atoms with E-state index >= 15 is 0 Å². The quantitative estimate of drug-likeness (QED) is 0.448. The maximum Gasteiger partial charge on any atom is 0.172 e. The van der Waals surface area contributed by atoms with Gasteiger partial charge in [-0.25, -0.2) is 4.57 Å². The number of hydrogen-bond donors (Lipinski definition) is 0. The van der Waals surface area contributed by atoms with E-state index in [1.165, 1.54) is 49.8 Å². The Balaban J connectivity index is 2.65. The van der Waals surface area contributed by atoms with E-state index in [-0.39, 0.29) is 0 Å². The fraction of sp³-hybridized carbons (Fsp3) is 0.722. The number of rotatable bonds is 8. The Labute approximate surface area is 120 Å². The van der Waals surface area contributed by atoms with Gasteiger partial charge in [0.25, 0.3) is 0 Å². The summed E-state index contributed by atoms with van der Waals surface area (Å²) >= 11 is 0. The van der Waals surface area contributed by atoms with Crippen molar-refractivity contribution in [3.63, 3.8) is 0 Å². The average Bonchev–Trinajstić information content (AvgIpc) is 2.38. The minimum atomic E-state index is 0.616. The summed E-state index contributed by atoms with van der Waals surface area (Å²) in [5.41, 5.74) is 2.94. The molecule has 1 rings (SSSR count). The normalized spacial score (nSPS) is 11.5. The van der Waals surface area contributed by atoms with Crippen molar-refractivity contribution in [3.05, 3.63) is 29.6 Å². The smallest absolute Gasteiger partial charge is 0.172 e. The lowest BCUT2D eigenvalue weighted by Crippen LogP contribution is -2.34. The fourth-order valence-corrected chi connectivity index (χ4v) is 2.35. The first-order valence-electron chi connectivity index (χ1n) is 8.08. The summed E-state index contributed by atoms with van der Waals surface area (Å²) in [6, 6.07) is 2.38. The standard InChI is InChI=1S/C18H32N/c1-6-7-8-9-10-11-19-13-17(15(2)3)12-18(14-19)16(4)5/h12-16H,6-11H2,1-5H3/q+1. The molecule has 1 heterocycles. The summed E-state index contributed by atoms with van der Waals surface area (Å²) in [5, 5.41) is 0. The van der Waals surface area contributed by atoms with Gasteiger partial charge >= 0.3 is 0 Å². The molecule has 0 unspecified atom stereocenters. The Kier molecular flexibility index (Phi) is 7.12. The van der Waals surface area contributed by atoms with Crippen LogP contribution < -0.4 is 4.57 Å². The summed E-state index contributed by atoms with van der Waals surface area (Å²) in [6.45, 7) is 12.6. The van der Waals surface area contributed by atoms with Crippen LogP contribution in [0.1, 0.15) is 89.7 Å². The molecule has 1 nitrogen and oxygen atoms in total. The Bertz CT molecular complexity index is 340. The zero-order valence-electron chi connectivity index (χ0n) is 13.6. The van der Waals surface area contributed by atoms with Crippen molar-refractivity contribution in [3.8, 4) is 0 Å². The lowest BCUT2D eigenvalue weighted by molar-refractivity contribution is -0.698. The second-order valence-corrected chi connectivity index (χ2v) is 6.36. The van der Waals surface area contributed by atoms with Crippen LogP contribution in [0.4, 0.5) is 0 Å². The van der Waals surface area contributed by atoms with Crippen molar-refractivity contribution >= 4 is 0 Å².